The SMILES string of the molecule is CCCCC1([N+](=O)[O-])CN(C)CCN(C)C1. The molecule has 1 heterocycles. The highest BCUT2D eigenvalue weighted by Gasteiger charge is 2.45. The number of unbranched alkanes of at least 4 members (excludes halogenated alkanes) is 1. The van der Waals surface area contributed by atoms with Gasteiger partial charge < -0.3 is 0 Å². The minimum Gasteiger partial charge on any atom is -0.298 e. The second-order valence-electron chi connectivity index (χ2n) is 5.06. The fraction of sp³-hybridized carbons (Fsp3) is 1.00. The van der Waals surface area contributed by atoms with Crippen molar-refractivity contribution >= 4 is 0 Å². The van der Waals surface area contributed by atoms with Crippen LogP contribution >= 0.6 is 0 Å². The van der Waals surface area contributed by atoms with Crippen LogP contribution in [0.2, 0.25) is 0 Å². The summed E-state index contributed by atoms with van der Waals surface area (Å²) in [7, 11) is 3.95. The van der Waals surface area contributed by atoms with E-state index in [-0.39, 0.29) is 4.92 Å². The third-order valence-corrected chi connectivity index (χ3v) is 3.37. The van der Waals surface area contributed by atoms with E-state index in [9.17, 15) is 10.1 Å². The lowest BCUT2D eigenvalue weighted by atomic mass is 9.92. The van der Waals surface area contributed by atoms with Gasteiger partial charge in [0.05, 0.1) is 13.1 Å². The zero-order chi connectivity index (χ0) is 12.2. The van der Waals surface area contributed by atoms with E-state index in [0.29, 0.717) is 19.5 Å². The Balaban J connectivity index is 2.82. The Hall–Kier alpha value is -0.680. The molecule has 0 aromatic heterocycles. The number of likely N-dealkylation sites (N-methyl/N-ethyl adjacent to an activating group) is 2. The van der Waals surface area contributed by atoms with Gasteiger partial charge in [-0.25, -0.2) is 0 Å². The summed E-state index contributed by atoms with van der Waals surface area (Å²) in [5.74, 6) is 0. The maximum Gasteiger partial charge on any atom is 0.247 e. The van der Waals surface area contributed by atoms with Crippen molar-refractivity contribution in [1.82, 2.24) is 9.80 Å². The van der Waals surface area contributed by atoms with Crippen LogP contribution in [-0.2, 0) is 0 Å². The van der Waals surface area contributed by atoms with E-state index in [1.165, 1.54) is 0 Å². The van der Waals surface area contributed by atoms with E-state index >= 15 is 0 Å². The van der Waals surface area contributed by atoms with Gasteiger partial charge >= 0.3 is 0 Å². The maximum atomic E-state index is 11.4. The molecule has 0 bridgehead atoms. The minimum atomic E-state index is -0.768. The number of nitro groups is 1. The smallest absolute Gasteiger partial charge is 0.247 e. The monoisotopic (exact) mass is 229 g/mol. The molecule has 1 aliphatic heterocycles. The molecule has 16 heavy (non-hydrogen) atoms. The van der Waals surface area contributed by atoms with E-state index in [0.717, 1.165) is 25.9 Å². The molecule has 0 atom stereocenters. The van der Waals surface area contributed by atoms with Gasteiger partial charge in [-0.3, -0.25) is 19.9 Å². The zero-order valence-electron chi connectivity index (χ0n) is 10.6. The van der Waals surface area contributed by atoms with Crippen molar-refractivity contribution in [3.05, 3.63) is 10.1 Å². The van der Waals surface area contributed by atoms with Gasteiger partial charge in [0.25, 0.3) is 0 Å². The van der Waals surface area contributed by atoms with Crippen LogP contribution < -0.4 is 0 Å². The second kappa shape index (κ2) is 5.59. The normalized spacial score (nSPS) is 22.9. The first-order valence-corrected chi connectivity index (χ1v) is 6.02. The Morgan fingerprint density at radius 1 is 1.25 bits per heavy atom. The van der Waals surface area contributed by atoms with Gasteiger partial charge in [0.2, 0.25) is 5.54 Å². The largest absolute Gasteiger partial charge is 0.298 e. The Morgan fingerprint density at radius 3 is 2.12 bits per heavy atom. The van der Waals surface area contributed by atoms with Crippen molar-refractivity contribution < 1.29 is 4.92 Å². The van der Waals surface area contributed by atoms with Crippen molar-refractivity contribution in [1.29, 1.82) is 0 Å². The summed E-state index contributed by atoms with van der Waals surface area (Å²) in [5, 5.41) is 11.4. The predicted octanol–water partition coefficient (Wildman–Crippen LogP) is 1.07. The molecule has 1 saturated heterocycles. The summed E-state index contributed by atoms with van der Waals surface area (Å²) in [5.41, 5.74) is -0.768. The molecule has 0 N–H and O–H groups in total. The molecule has 1 fully saturated rings. The highest BCUT2D eigenvalue weighted by atomic mass is 16.6. The van der Waals surface area contributed by atoms with Crippen LogP contribution in [-0.4, -0.2) is 60.5 Å². The summed E-state index contributed by atoms with van der Waals surface area (Å²) < 4.78 is 0. The van der Waals surface area contributed by atoms with Crippen LogP contribution in [0.1, 0.15) is 26.2 Å². The minimum absolute atomic E-state index is 0.0546. The number of hydrogen-bond donors (Lipinski definition) is 0. The van der Waals surface area contributed by atoms with Gasteiger partial charge in [0, 0.05) is 24.4 Å². The molecule has 0 aromatic carbocycles. The number of nitrogens with zero attached hydrogens (tertiary/aromatic N) is 3. The predicted molar refractivity (Wildman–Crippen MR) is 64.2 cm³/mol. The molecule has 0 radical (unpaired) electrons. The molecule has 0 spiro atoms. The van der Waals surface area contributed by atoms with Gasteiger partial charge in [0.15, 0.2) is 0 Å². The number of rotatable bonds is 4. The molecular weight excluding hydrogens is 206 g/mol. The quantitative estimate of drug-likeness (QED) is 0.534. The third kappa shape index (κ3) is 3.15. The van der Waals surface area contributed by atoms with E-state index in [4.69, 9.17) is 0 Å². The molecule has 5 heteroatoms. The second-order valence-corrected chi connectivity index (χ2v) is 5.06. The lowest BCUT2D eigenvalue weighted by Gasteiger charge is -2.28. The van der Waals surface area contributed by atoms with Crippen LogP contribution in [0, 0.1) is 10.1 Å². The Kier molecular flexibility index (Phi) is 4.68. The summed E-state index contributed by atoms with van der Waals surface area (Å²) in [6, 6.07) is 0. The van der Waals surface area contributed by atoms with Gasteiger partial charge in [-0.05, 0) is 20.5 Å². The highest BCUT2D eigenvalue weighted by molar-refractivity contribution is 4.88. The zero-order valence-corrected chi connectivity index (χ0v) is 10.6. The average Bonchev–Trinajstić information content (AvgIpc) is 2.36. The molecule has 5 nitrogen and oxygen atoms in total. The van der Waals surface area contributed by atoms with Crippen LogP contribution in [0.4, 0.5) is 0 Å². The molecule has 94 valence electrons. The van der Waals surface area contributed by atoms with Gasteiger partial charge in [-0.2, -0.15) is 0 Å². The van der Waals surface area contributed by atoms with Gasteiger partial charge in [-0.1, -0.05) is 13.3 Å². The summed E-state index contributed by atoms with van der Waals surface area (Å²) in [6.45, 7) is 5.06. The lowest BCUT2D eigenvalue weighted by molar-refractivity contribution is -0.571. The Bertz CT molecular complexity index is 233. The van der Waals surface area contributed by atoms with Crippen molar-refractivity contribution in [3.8, 4) is 0 Å². The van der Waals surface area contributed by atoms with Crippen LogP contribution in [0.15, 0.2) is 0 Å². The molecule has 1 rings (SSSR count). The highest BCUT2D eigenvalue weighted by Crippen LogP contribution is 2.23. The summed E-state index contributed by atoms with van der Waals surface area (Å²) >= 11 is 0. The van der Waals surface area contributed by atoms with E-state index in [2.05, 4.69) is 16.7 Å². The fourth-order valence-corrected chi connectivity index (χ4v) is 2.43. The van der Waals surface area contributed by atoms with Crippen molar-refractivity contribution in [3.63, 3.8) is 0 Å². The number of hydrogen-bond acceptors (Lipinski definition) is 4. The Morgan fingerprint density at radius 2 is 1.75 bits per heavy atom. The van der Waals surface area contributed by atoms with E-state index < -0.39 is 5.54 Å². The van der Waals surface area contributed by atoms with E-state index in [1.54, 1.807) is 0 Å². The topological polar surface area (TPSA) is 49.6 Å². The first-order chi connectivity index (χ1) is 7.50. The molecule has 1 aliphatic rings. The standard InChI is InChI=1S/C11H23N3O2/c1-4-5-6-11(14(15)16)9-12(2)7-8-13(3)10-11/h4-10H2,1-3H3. The molecule has 0 amide bonds. The van der Waals surface area contributed by atoms with Crippen LogP contribution in [0.5, 0.6) is 0 Å². The lowest BCUT2D eigenvalue weighted by Crippen LogP contribution is -2.51. The summed E-state index contributed by atoms with van der Waals surface area (Å²) in [6.07, 6.45) is 2.64. The molecular formula is C11H23N3O2. The third-order valence-electron chi connectivity index (χ3n) is 3.37. The van der Waals surface area contributed by atoms with Crippen molar-refractivity contribution in [2.45, 2.75) is 31.7 Å². The van der Waals surface area contributed by atoms with Crippen LogP contribution in [0.25, 0.3) is 0 Å². The molecule has 0 unspecified atom stereocenters. The molecule has 0 saturated carbocycles. The first kappa shape index (κ1) is 13.4. The average molecular weight is 229 g/mol. The first-order valence-electron chi connectivity index (χ1n) is 6.02. The van der Waals surface area contributed by atoms with Gasteiger partial charge in [-0.15, -0.1) is 0 Å². The van der Waals surface area contributed by atoms with E-state index in [1.807, 2.05) is 14.1 Å². The molecule has 0 aliphatic carbocycles. The van der Waals surface area contributed by atoms with Gasteiger partial charge in [0.1, 0.15) is 0 Å². The summed E-state index contributed by atoms with van der Waals surface area (Å²) in [4.78, 5) is 15.5. The van der Waals surface area contributed by atoms with Crippen molar-refractivity contribution in [2.75, 3.05) is 40.3 Å². The van der Waals surface area contributed by atoms with Crippen LogP contribution in [0.3, 0.4) is 0 Å². The molecule has 0 aromatic rings. The fourth-order valence-electron chi connectivity index (χ4n) is 2.43. The van der Waals surface area contributed by atoms with Crippen molar-refractivity contribution in [2.24, 2.45) is 0 Å². The Labute approximate surface area is 97.6 Å². The maximum absolute atomic E-state index is 11.4.